The molecule has 0 atom stereocenters. The van der Waals surface area contributed by atoms with E-state index in [4.69, 9.17) is 15.0 Å². The summed E-state index contributed by atoms with van der Waals surface area (Å²) in [5.74, 6) is 1.94. The lowest BCUT2D eigenvalue weighted by atomic mass is 9.93. The third-order valence-corrected chi connectivity index (χ3v) is 10.3. The fourth-order valence-electron chi connectivity index (χ4n) is 8.07. The summed E-state index contributed by atoms with van der Waals surface area (Å²) in [5, 5.41) is 7.46. The summed E-state index contributed by atoms with van der Waals surface area (Å²) in [7, 11) is 0. The predicted molar refractivity (Wildman–Crippen MR) is 210 cm³/mol. The number of hydrogen-bond donors (Lipinski definition) is 0. The van der Waals surface area contributed by atoms with Gasteiger partial charge in [-0.25, -0.2) is 15.0 Å². The van der Waals surface area contributed by atoms with Crippen LogP contribution in [0.1, 0.15) is 0 Å². The molecule has 0 aliphatic heterocycles. The Labute approximate surface area is 294 Å². The van der Waals surface area contributed by atoms with Crippen molar-refractivity contribution < 1.29 is 0 Å². The molecule has 236 valence electrons. The molecule has 0 fully saturated rings. The van der Waals surface area contributed by atoms with Crippen LogP contribution in [0.4, 0.5) is 0 Å². The quantitative estimate of drug-likeness (QED) is 0.191. The third-order valence-electron chi connectivity index (χ3n) is 10.3. The number of hydrogen-bond acceptors (Lipinski definition) is 3. The molecule has 2 aromatic heterocycles. The van der Waals surface area contributed by atoms with E-state index in [0.717, 1.165) is 27.8 Å². The fourth-order valence-corrected chi connectivity index (χ4v) is 8.07. The highest BCUT2D eigenvalue weighted by molar-refractivity contribution is 6.30. The Morgan fingerprint density at radius 2 is 0.863 bits per heavy atom. The first-order chi connectivity index (χ1) is 25.3. The van der Waals surface area contributed by atoms with Gasteiger partial charge in [0.25, 0.3) is 0 Å². The molecule has 0 bridgehead atoms. The minimum Gasteiger partial charge on any atom is -0.309 e. The van der Waals surface area contributed by atoms with E-state index in [0.29, 0.717) is 17.5 Å². The molecule has 0 spiro atoms. The summed E-state index contributed by atoms with van der Waals surface area (Å²) in [6.07, 6.45) is 0. The standard InChI is InChI=1S/C47H28N4/c1-2-12-31(13-3-1)45-48-46(50-47(49-45)34-24-23-29-11-4-5-14-32(29)27-34)33-16-8-17-35(28-33)51-40-22-10-21-39-37-19-7-6-18-36(37)38-20-9-15-30-25-26-41(51)44(42(30)38)43(39)40/h1-28H. The average molecular weight is 649 g/mol. The zero-order valence-electron chi connectivity index (χ0n) is 27.5. The summed E-state index contributed by atoms with van der Waals surface area (Å²) in [6, 6.07) is 60.3. The van der Waals surface area contributed by atoms with Crippen LogP contribution in [0.2, 0.25) is 0 Å². The normalized spacial score (nSPS) is 11.9. The van der Waals surface area contributed by atoms with Crippen molar-refractivity contribution >= 4 is 43.4 Å². The monoisotopic (exact) mass is 648 g/mol. The van der Waals surface area contributed by atoms with Gasteiger partial charge in [0.1, 0.15) is 0 Å². The van der Waals surface area contributed by atoms with Crippen molar-refractivity contribution in [2.75, 3.05) is 0 Å². The Bertz CT molecular complexity index is 3030. The van der Waals surface area contributed by atoms with Gasteiger partial charge in [0, 0.05) is 33.2 Å². The fraction of sp³-hybridized carbons (Fsp3) is 0. The van der Waals surface area contributed by atoms with Crippen LogP contribution in [0, 0.1) is 0 Å². The Morgan fingerprint density at radius 1 is 0.314 bits per heavy atom. The maximum absolute atomic E-state index is 5.12. The molecule has 0 radical (unpaired) electrons. The molecule has 4 nitrogen and oxygen atoms in total. The van der Waals surface area contributed by atoms with Gasteiger partial charge in [0.15, 0.2) is 17.5 Å². The van der Waals surface area contributed by atoms with Crippen LogP contribution in [0.3, 0.4) is 0 Å². The minimum absolute atomic E-state index is 0.637. The molecule has 1 aliphatic rings. The van der Waals surface area contributed by atoms with E-state index in [1.807, 2.05) is 18.2 Å². The number of aromatic nitrogens is 4. The Kier molecular flexibility index (Phi) is 5.92. The summed E-state index contributed by atoms with van der Waals surface area (Å²) in [5.41, 5.74) is 11.3. The van der Waals surface area contributed by atoms with E-state index in [9.17, 15) is 0 Å². The van der Waals surface area contributed by atoms with Crippen LogP contribution in [0.15, 0.2) is 170 Å². The highest BCUT2D eigenvalue weighted by Crippen LogP contribution is 2.49. The number of nitrogens with zero attached hydrogens (tertiary/aromatic N) is 4. The Hall–Kier alpha value is -6.91. The molecule has 2 heterocycles. The molecule has 0 saturated heterocycles. The molecule has 0 unspecified atom stereocenters. The molecule has 11 rings (SSSR count). The zero-order chi connectivity index (χ0) is 33.5. The predicted octanol–water partition coefficient (Wildman–Crippen LogP) is 11.9. The number of rotatable bonds is 4. The van der Waals surface area contributed by atoms with Crippen molar-refractivity contribution in [1.82, 2.24) is 19.5 Å². The molecule has 4 heteroatoms. The average Bonchev–Trinajstić information content (AvgIpc) is 3.49. The molecular formula is C47H28N4. The second-order valence-corrected chi connectivity index (χ2v) is 13.2. The van der Waals surface area contributed by atoms with Gasteiger partial charge < -0.3 is 4.57 Å². The molecule has 8 aromatic carbocycles. The SMILES string of the molecule is c1ccc(-c2nc(-c3cccc(-n4c5cccc6c5c5c7c(cccc7ccc54)-c4ccccc4-6)c3)nc(-c3ccc4ccccc4c3)n2)cc1. The second-order valence-electron chi connectivity index (χ2n) is 13.2. The lowest BCUT2D eigenvalue weighted by Gasteiger charge is -2.14. The highest BCUT2D eigenvalue weighted by Gasteiger charge is 2.24. The first-order valence-electron chi connectivity index (χ1n) is 17.3. The van der Waals surface area contributed by atoms with Crippen molar-refractivity contribution in [1.29, 1.82) is 0 Å². The molecule has 0 N–H and O–H groups in total. The van der Waals surface area contributed by atoms with E-state index in [1.54, 1.807) is 0 Å². The highest BCUT2D eigenvalue weighted by atomic mass is 15.0. The van der Waals surface area contributed by atoms with Gasteiger partial charge in [-0.05, 0) is 74.1 Å². The minimum atomic E-state index is 0.637. The summed E-state index contributed by atoms with van der Waals surface area (Å²) < 4.78 is 2.41. The van der Waals surface area contributed by atoms with Crippen LogP contribution in [0.25, 0.3) is 105 Å². The molecule has 51 heavy (non-hydrogen) atoms. The lowest BCUT2D eigenvalue weighted by Crippen LogP contribution is -2.01. The van der Waals surface area contributed by atoms with Gasteiger partial charge in [-0.1, -0.05) is 140 Å². The van der Waals surface area contributed by atoms with E-state index in [-0.39, 0.29) is 0 Å². The van der Waals surface area contributed by atoms with Gasteiger partial charge in [0.2, 0.25) is 0 Å². The Balaban J connectivity index is 1.15. The van der Waals surface area contributed by atoms with E-state index in [2.05, 4.69) is 156 Å². The molecule has 10 aromatic rings. The van der Waals surface area contributed by atoms with Crippen molar-refractivity contribution in [2.24, 2.45) is 0 Å². The van der Waals surface area contributed by atoms with Crippen molar-refractivity contribution in [2.45, 2.75) is 0 Å². The van der Waals surface area contributed by atoms with Crippen LogP contribution in [-0.4, -0.2) is 19.5 Å². The first kappa shape index (κ1) is 28.0. The maximum Gasteiger partial charge on any atom is 0.164 e. The number of fused-ring (bicyclic) bond motifs is 4. The lowest BCUT2D eigenvalue weighted by molar-refractivity contribution is 1.07. The topological polar surface area (TPSA) is 43.6 Å². The Morgan fingerprint density at radius 3 is 1.67 bits per heavy atom. The summed E-state index contributed by atoms with van der Waals surface area (Å²) in [6.45, 7) is 0. The summed E-state index contributed by atoms with van der Waals surface area (Å²) in [4.78, 5) is 15.2. The summed E-state index contributed by atoms with van der Waals surface area (Å²) >= 11 is 0. The molecular weight excluding hydrogens is 621 g/mol. The second kappa shape index (κ2) is 10.8. The maximum atomic E-state index is 5.12. The van der Waals surface area contributed by atoms with E-state index < -0.39 is 0 Å². The van der Waals surface area contributed by atoms with E-state index in [1.165, 1.54) is 60.2 Å². The van der Waals surface area contributed by atoms with Crippen LogP contribution in [0.5, 0.6) is 0 Å². The third kappa shape index (κ3) is 4.23. The molecule has 0 saturated carbocycles. The van der Waals surface area contributed by atoms with Crippen molar-refractivity contribution in [3.63, 3.8) is 0 Å². The number of benzene rings is 8. The van der Waals surface area contributed by atoms with Gasteiger partial charge >= 0.3 is 0 Å². The van der Waals surface area contributed by atoms with Gasteiger partial charge in [0.05, 0.1) is 11.0 Å². The van der Waals surface area contributed by atoms with Gasteiger partial charge in [-0.15, -0.1) is 0 Å². The van der Waals surface area contributed by atoms with Gasteiger partial charge in [-0.2, -0.15) is 0 Å². The zero-order valence-corrected chi connectivity index (χ0v) is 27.5. The molecule has 1 aliphatic carbocycles. The van der Waals surface area contributed by atoms with Crippen molar-refractivity contribution in [3.05, 3.63) is 170 Å². The van der Waals surface area contributed by atoms with Crippen LogP contribution >= 0.6 is 0 Å². The first-order valence-corrected chi connectivity index (χ1v) is 17.3. The largest absolute Gasteiger partial charge is 0.309 e. The van der Waals surface area contributed by atoms with E-state index >= 15 is 0 Å². The van der Waals surface area contributed by atoms with Crippen molar-refractivity contribution in [3.8, 4) is 62.1 Å². The van der Waals surface area contributed by atoms with Gasteiger partial charge in [-0.3, -0.25) is 0 Å². The smallest absolute Gasteiger partial charge is 0.164 e. The van der Waals surface area contributed by atoms with Crippen LogP contribution < -0.4 is 0 Å². The van der Waals surface area contributed by atoms with Crippen LogP contribution in [-0.2, 0) is 0 Å². The molecule has 0 amide bonds.